The molecule has 0 aliphatic carbocycles. The molecule has 0 aliphatic rings. The van der Waals surface area contributed by atoms with Crippen LogP contribution in [-0.4, -0.2) is 11.6 Å². The van der Waals surface area contributed by atoms with E-state index in [0.29, 0.717) is 11.1 Å². The SMILES string of the molecule is Cc1ccc(C(=O)CC(=O)c2ccc(N(c3ccccc3)c3ccccc3)cc2)cc1. The van der Waals surface area contributed by atoms with Crippen molar-refractivity contribution in [2.75, 3.05) is 4.90 Å². The minimum Gasteiger partial charge on any atom is -0.311 e. The Bertz CT molecular complexity index is 1130. The van der Waals surface area contributed by atoms with Crippen LogP contribution in [0.1, 0.15) is 32.7 Å². The summed E-state index contributed by atoms with van der Waals surface area (Å²) in [6.07, 6.45) is -0.135. The second-order valence-corrected chi connectivity index (χ2v) is 7.44. The molecule has 0 N–H and O–H groups in total. The fourth-order valence-corrected chi connectivity index (χ4v) is 3.49. The normalized spacial score (nSPS) is 10.5. The third-order valence-electron chi connectivity index (χ3n) is 5.17. The van der Waals surface area contributed by atoms with Crippen molar-refractivity contribution in [1.29, 1.82) is 0 Å². The van der Waals surface area contributed by atoms with E-state index in [4.69, 9.17) is 0 Å². The first-order valence-electron chi connectivity index (χ1n) is 10.3. The molecular formula is C28H23NO2. The summed E-state index contributed by atoms with van der Waals surface area (Å²) in [4.78, 5) is 27.3. The summed E-state index contributed by atoms with van der Waals surface area (Å²) in [5.74, 6) is -0.340. The van der Waals surface area contributed by atoms with Gasteiger partial charge in [0.1, 0.15) is 0 Å². The highest BCUT2D eigenvalue weighted by Gasteiger charge is 2.16. The number of anilines is 3. The number of aryl methyl sites for hydroxylation is 1. The van der Waals surface area contributed by atoms with Crippen molar-refractivity contribution in [3.8, 4) is 0 Å². The number of ketones is 2. The van der Waals surface area contributed by atoms with E-state index in [2.05, 4.69) is 4.90 Å². The van der Waals surface area contributed by atoms with Crippen LogP contribution in [0.4, 0.5) is 17.1 Å². The molecule has 31 heavy (non-hydrogen) atoms. The Morgan fingerprint density at radius 1 is 0.548 bits per heavy atom. The number of hydrogen-bond acceptors (Lipinski definition) is 3. The van der Waals surface area contributed by atoms with Crippen LogP contribution in [0.3, 0.4) is 0 Å². The zero-order chi connectivity index (χ0) is 21.6. The summed E-state index contributed by atoms with van der Waals surface area (Å²) in [5.41, 5.74) is 5.18. The van der Waals surface area contributed by atoms with Gasteiger partial charge < -0.3 is 4.90 Å². The number of nitrogens with zero attached hydrogens (tertiary/aromatic N) is 1. The number of carbonyl (C=O) groups excluding carboxylic acids is 2. The molecule has 0 aliphatic heterocycles. The molecule has 0 bridgehead atoms. The standard InChI is InChI=1S/C28H23NO2/c1-21-12-14-22(15-13-21)27(30)20-28(31)23-16-18-26(19-17-23)29(24-8-4-2-5-9-24)25-10-6-3-7-11-25/h2-19H,20H2,1H3. The predicted octanol–water partition coefficient (Wildman–Crippen LogP) is 6.92. The van der Waals surface area contributed by atoms with Crippen molar-refractivity contribution in [3.63, 3.8) is 0 Å². The molecular weight excluding hydrogens is 382 g/mol. The summed E-state index contributed by atoms with van der Waals surface area (Å²) in [6.45, 7) is 1.97. The molecule has 0 saturated carbocycles. The van der Waals surface area contributed by atoms with E-state index in [1.54, 1.807) is 24.3 Å². The first-order chi connectivity index (χ1) is 15.1. The second kappa shape index (κ2) is 9.23. The Morgan fingerprint density at radius 2 is 0.935 bits per heavy atom. The van der Waals surface area contributed by atoms with Crippen LogP contribution >= 0.6 is 0 Å². The lowest BCUT2D eigenvalue weighted by molar-refractivity contribution is 0.0894. The molecule has 152 valence electrons. The number of para-hydroxylation sites is 2. The molecule has 0 aromatic heterocycles. The van der Waals surface area contributed by atoms with E-state index in [9.17, 15) is 9.59 Å². The number of benzene rings is 4. The summed E-state index contributed by atoms with van der Waals surface area (Å²) in [7, 11) is 0. The van der Waals surface area contributed by atoms with Gasteiger partial charge in [0.15, 0.2) is 11.6 Å². The highest BCUT2D eigenvalue weighted by Crippen LogP contribution is 2.34. The average molecular weight is 405 g/mol. The quantitative estimate of drug-likeness (QED) is 0.247. The van der Waals surface area contributed by atoms with Crippen LogP contribution in [0.25, 0.3) is 0 Å². The van der Waals surface area contributed by atoms with Crippen molar-refractivity contribution >= 4 is 28.6 Å². The molecule has 3 heteroatoms. The van der Waals surface area contributed by atoms with Crippen LogP contribution in [0, 0.1) is 6.92 Å². The Kier molecular flexibility index (Phi) is 6.04. The van der Waals surface area contributed by atoms with Crippen LogP contribution in [0.2, 0.25) is 0 Å². The van der Waals surface area contributed by atoms with Gasteiger partial charge >= 0.3 is 0 Å². The van der Waals surface area contributed by atoms with Gasteiger partial charge in [-0.2, -0.15) is 0 Å². The van der Waals surface area contributed by atoms with Crippen LogP contribution in [0.15, 0.2) is 109 Å². The molecule has 0 amide bonds. The molecule has 0 radical (unpaired) electrons. The van der Waals surface area contributed by atoms with Gasteiger partial charge in [0.25, 0.3) is 0 Å². The number of carbonyl (C=O) groups is 2. The Labute approximate surface area is 182 Å². The van der Waals surface area contributed by atoms with Gasteiger partial charge in [-0.1, -0.05) is 66.2 Å². The molecule has 3 nitrogen and oxygen atoms in total. The van der Waals surface area contributed by atoms with Gasteiger partial charge in [-0.15, -0.1) is 0 Å². The minimum absolute atomic E-state index is 0.135. The molecule has 4 aromatic rings. The Balaban J connectivity index is 1.56. The first kappa shape index (κ1) is 20.3. The highest BCUT2D eigenvalue weighted by molar-refractivity contribution is 6.13. The monoisotopic (exact) mass is 405 g/mol. The minimum atomic E-state index is -0.178. The fourth-order valence-electron chi connectivity index (χ4n) is 3.49. The molecule has 4 aromatic carbocycles. The lowest BCUT2D eigenvalue weighted by Crippen LogP contribution is -2.11. The van der Waals surface area contributed by atoms with Crippen LogP contribution in [-0.2, 0) is 0 Å². The third kappa shape index (κ3) is 4.78. The number of hydrogen-bond donors (Lipinski definition) is 0. The molecule has 4 rings (SSSR count). The van der Waals surface area contributed by atoms with Gasteiger partial charge in [-0.25, -0.2) is 0 Å². The zero-order valence-corrected chi connectivity index (χ0v) is 17.4. The molecule has 0 fully saturated rings. The van der Waals surface area contributed by atoms with E-state index in [1.807, 2.05) is 91.9 Å². The summed E-state index contributed by atoms with van der Waals surface area (Å²) < 4.78 is 0. The summed E-state index contributed by atoms with van der Waals surface area (Å²) in [5, 5.41) is 0. The number of rotatable bonds is 7. The van der Waals surface area contributed by atoms with Crippen LogP contribution in [0.5, 0.6) is 0 Å². The van der Waals surface area contributed by atoms with Crippen molar-refractivity contribution in [2.24, 2.45) is 0 Å². The smallest absolute Gasteiger partial charge is 0.170 e. The molecule has 0 saturated heterocycles. The van der Waals surface area contributed by atoms with Gasteiger partial charge in [-0.3, -0.25) is 9.59 Å². The molecule has 0 atom stereocenters. The van der Waals surface area contributed by atoms with Crippen molar-refractivity contribution in [3.05, 3.63) is 126 Å². The van der Waals surface area contributed by atoms with E-state index in [-0.39, 0.29) is 18.0 Å². The van der Waals surface area contributed by atoms with Gasteiger partial charge in [0, 0.05) is 28.2 Å². The maximum absolute atomic E-state index is 12.7. The fraction of sp³-hybridized carbons (Fsp3) is 0.0714. The van der Waals surface area contributed by atoms with Gasteiger partial charge in [-0.05, 0) is 55.5 Å². The molecule has 0 heterocycles. The van der Waals surface area contributed by atoms with E-state index in [1.165, 1.54) is 0 Å². The maximum Gasteiger partial charge on any atom is 0.170 e. The lowest BCUT2D eigenvalue weighted by atomic mass is 10.0. The largest absolute Gasteiger partial charge is 0.311 e. The predicted molar refractivity (Wildman–Crippen MR) is 126 cm³/mol. The Morgan fingerprint density at radius 3 is 1.39 bits per heavy atom. The third-order valence-corrected chi connectivity index (χ3v) is 5.17. The van der Waals surface area contributed by atoms with Crippen LogP contribution < -0.4 is 4.90 Å². The van der Waals surface area contributed by atoms with Gasteiger partial charge in [0.05, 0.1) is 6.42 Å². The average Bonchev–Trinajstić information content (AvgIpc) is 2.81. The molecule has 0 spiro atoms. The van der Waals surface area contributed by atoms with Gasteiger partial charge in [0.2, 0.25) is 0 Å². The summed E-state index contributed by atoms with van der Waals surface area (Å²) >= 11 is 0. The highest BCUT2D eigenvalue weighted by atomic mass is 16.1. The second-order valence-electron chi connectivity index (χ2n) is 7.44. The lowest BCUT2D eigenvalue weighted by Gasteiger charge is -2.25. The van der Waals surface area contributed by atoms with E-state index < -0.39 is 0 Å². The van der Waals surface area contributed by atoms with E-state index in [0.717, 1.165) is 22.6 Å². The first-order valence-corrected chi connectivity index (χ1v) is 10.3. The molecule has 0 unspecified atom stereocenters. The van der Waals surface area contributed by atoms with Crippen molar-refractivity contribution < 1.29 is 9.59 Å². The summed E-state index contributed by atoms with van der Waals surface area (Å²) in [6, 6.07) is 34.9. The zero-order valence-electron chi connectivity index (χ0n) is 17.4. The van der Waals surface area contributed by atoms with Crippen molar-refractivity contribution in [2.45, 2.75) is 13.3 Å². The topological polar surface area (TPSA) is 37.4 Å². The van der Waals surface area contributed by atoms with E-state index >= 15 is 0 Å². The maximum atomic E-state index is 12.7. The van der Waals surface area contributed by atoms with Crippen molar-refractivity contribution in [1.82, 2.24) is 0 Å². The number of Topliss-reactive ketones (excluding diaryl/α,β-unsaturated/α-hetero) is 2. The Hall–Kier alpha value is -3.98.